The number of halogens is 1. The molecular formula is C12H15ClN2O5S. The lowest BCUT2D eigenvalue weighted by Crippen LogP contribution is -2.46. The van der Waals surface area contributed by atoms with Gasteiger partial charge in [-0.15, -0.1) is 0 Å². The van der Waals surface area contributed by atoms with Crippen LogP contribution in [0.25, 0.3) is 0 Å². The van der Waals surface area contributed by atoms with Crippen LogP contribution in [0, 0.1) is 5.41 Å². The largest absolute Gasteiger partial charge is 0.481 e. The Balaban J connectivity index is 2.17. The Morgan fingerprint density at radius 2 is 2.14 bits per heavy atom. The molecule has 2 heterocycles. The maximum Gasteiger partial charge on any atom is 0.311 e. The lowest BCUT2D eigenvalue weighted by atomic mass is 9.80. The number of hydrogen-bond donors (Lipinski definition) is 2. The first-order valence-corrected chi connectivity index (χ1v) is 8.15. The first-order valence-electron chi connectivity index (χ1n) is 6.29. The van der Waals surface area contributed by atoms with Gasteiger partial charge in [-0.05, 0) is 25.0 Å². The van der Waals surface area contributed by atoms with Crippen molar-refractivity contribution in [3.63, 3.8) is 0 Å². The van der Waals surface area contributed by atoms with Gasteiger partial charge in [-0.3, -0.25) is 4.79 Å². The molecule has 7 nitrogen and oxygen atoms in total. The summed E-state index contributed by atoms with van der Waals surface area (Å²) in [5.74, 6) is -1.04. The van der Waals surface area contributed by atoms with E-state index >= 15 is 0 Å². The fraction of sp³-hybridized carbons (Fsp3) is 0.500. The van der Waals surface area contributed by atoms with E-state index in [9.17, 15) is 18.3 Å². The minimum absolute atomic E-state index is 0.152. The molecule has 1 aliphatic heterocycles. The molecule has 0 atom stereocenters. The number of nitrogens with one attached hydrogen (secondary N) is 1. The van der Waals surface area contributed by atoms with E-state index in [4.69, 9.17) is 16.3 Å². The van der Waals surface area contributed by atoms with E-state index in [0.29, 0.717) is 13.2 Å². The molecule has 0 amide bonds. The van der Waals surface area contributed by atoms with E-state index < -0.39 is 21.4 Å². The topological polar surface area (TPSA) is 106 Å². The van der Waals surface area contributed by atoms with Gasteiger partial charge in [-0.2, -0.15) is 0 Å². The molecule has 9 heteroatoms. The van der Waals surface area contributed by atoms with Crippen LogP contribution in [-0.4, -0.2) is 44.2 Å². The lowest BCUT2D eigenvalue weighted by molar-refractivity contribution is -0.154. The van der Waals surface area contributed by atoms with Crippen molar-refractivity contribution in [2.24, 2.45) is 5.41 Å². The molecule has 21 heavy (non-hydrogen) atoms. The van der Waals surface area contributed by atoms with Crippen molar-refractivity contribution in [2.75, 3.05) is 19.8 Å². The average molecular weight is 335 g/mol. The molecule has 0 unspecified atom stereocenters. The van der Waals surface area contributed by atoms with Crippen molar-refractivity contribution in [2.45, 2.75) is 17.7 Å². The number of aliphatic carboxylic acids is 1. The summed E-state index contributed by atoms with van der Waals surface area (Å²) < 4.78 is 31.9. The van der Waals surface area contributed by atoms with Gasteiger partial charge in [0.1, 0.15) is 10.0 Å². The molecule has 1 saturated heterocycles. The second-order valence-electron chi connectivity index (χ2n) is 4.81. The Hall–Kier alpha value is -1.22. The SMILES string of the molecule is O=C(O)C1(CNS(=O)(=O)c2cccnc2Cl)CCOCC1. The summed E-state index contributed by atoms with van der Waals surface area (Å²) in [6.45, 7) is 0.378. The highest BCUT2D eigenvalue weighted by Crippen LogP contribution is 2.31. The van der Waals surface area contributed by atoms with Crippen LogP contribution in [-0.2, 0) is 19.6 Å². The van der Waals surface area contributed by atoms with Gasteiger partial charge in [-0.1, -0.05) is 11.6 Å². The van der Waals surface area contributed by atoms with E-state index in [0.717, 1.165) is 0 Å². The number of sulfonamides is 1. The highest BCUT2D eigenvalue weighted by Gasteiger charge is 2.41. The number of carbonyl (C=O) groups is 1. The number of pyridine rings is 1. The molecule has 2 N–H and O–H groups in total. The second kappa shape index (κ2) is 6.27. The standard InChI is InChI=1S/C12H15ClN2O5S/c13-10-9(2-1-5-14-10)21(18,19)15-8-12(11(16)17)3-6-20-7-4-12/h1-2,5,15H,3-4,6-8H2,(H,16,17). The molecule has 0 bridgehead atoms. The minimum Gasteiger partial charge on any atom is -0.481 e. The molecule has 2 rings (SSSR count). The van der Waals surface area contributed by atoms with Crippen LogP contribution in [0.1, 0.15) is 12.8 Å². The van der Waals surface area contributed by atoms with Crippen molar-refractivity contribution in [1.29, 1.82) is 0 Å². The maximum atomic E-state index is 12.2. The van der Waals surface area contributed by atoms with E-state index in [-0.39, 0.29) is 29.4 Å². The Bertz CT molecular complexity index is 628. The van der Waals surface area contributed by atoms with Gasteiger partial charge >= 0.3 is 5.97 Å². The first-order chi connectivity index (χ1) is 9.87. The smallest absolute Gasteiger partial charge is 0.311 e. The van der Waals surface area contributed by atoms with E-state index in [1.54, 1.807) is 0 Å². The predicted molar refractivity (Wildman–Crippen MR) is 74.6 cm³/mol. The Morgan fingerprint density at radius 3 is 2.71 bits per heavy atom. The number of ether oxygens (including phenoxy) is 1. The summed E-state index contributed by atoms with van der Waals surface area (Å²) in [6, 6.07) is 2.76. The molecule has 0 spiro atoms. The van der Waals surface area contributed by atoms with Gasteiger partial charge in [0.2, 0.25) is 10.0 Å². The van der Waals surface area contributed by atoms with Crippen LogP contribution in [0.5, 0.6) is 0 Å². The quantitative estimate of drug-likeness (QED) is 0.775. The number of aromatic nitrogens is 1. The zero-order chi connectivity index (χ0) is 15.5. The highest BCUT2D eigenvalue weighted by atomic mass is 35.5. The third kappa shape index (κ3) is 3.52. The molecule has 0 saturated carbocycles. The summed E-state index contributed by atoms with van der Waals surface area (Å²) >= 11 is 5.76. The van der Waals surface area contributed by atoms with Crippen LogP contribution in [0.2, 0.25) is 5.15 Å². The van der Waals surface area contributed by atoms with Crippen LogP contribution in [0.4, 0.5) is 0 Å². The molecule has 0 aromatic carbocycles. The predicted octanol–water partition coefficient (Wildman–Crippen LogP) is 0.895. The third-order valence-electron chi connectivity index (χ3n) is 3.52. The first kappa shape index (κ1) is 16.2. The second-order valence-corrected chi connectivity index (χ2v) is 6.91. The number of hydrogen-bond acceptors (Lipinski definition) is 5. The van der Waals surface area contributed by atoms with Gasteiger partial charge in [0.25, 0.3) is 0 Å². The van der Waals surface area contributed by atoms with Crippen LogP contribution >= 0.6 is 11.6 Å². The Labute approximate surface area is 127 Å². The van der Waals surface area contributed by atoms with E-state index in [1.165, 1.54) is 18.3 Å². The van der Waals surface area contributed by atoms with Crippen LogP contribution in [0.15, 0.2) is 23.2 Å². The fourth-order valence-corrected chi connectivity index (χ4v) is 3.69. The number of nitrogens with zero attached hydrogens (tertiary/aromatic N) is 1. The van der Waals surface area contributed by atoms with Crippen molar-refractivity contribution >= 4 is 27.6 Å². The molecule has 0 radical (unpaired) electrons. The van der Waals surface area contributed by atoms with Crippen molar-refractivity contribution in [3.8, 4) is 0 Å². The normalized spacial score (nSPS) is 18.3. The summed E-state index contributed by atoms with van der Waals surface area (Å²) in [6.07, 6.45) is 1.88. The molecule has 1 fully saturated rings. The number of carboxylic acid groups (broad SMARTS) is 1. The minimum atomic E-state index is -3.91. The van der Waals surface area contributed by atoms with Crippen molar-refractivity contribution in [1.82, 2.24) is 9.71 Å². The number of carboxylic acids is 1. The summed E-state index contributed by atoms with van der Waals surface area (Å²) in [5.41, 5.74) is -1.15. The Morgan fingerprint density at radius 1 is 1.48 bits per heavy atom. The highest BCUT2D eigenvalue weighted by molar-refractivity contribution is 7.89. The monoisotopic (exact) mass is 334 g/mol. The van der Waals surface area contributed by atoms with E-state index in [2.05, 4.69) is 9.71 Å². The van der Waals surface area contributed by atoms with Crippen LogP contribution in [0.3, 0.4) is 0 Å². The summed E-state index contributed by atoms with van der Waals surface area (Å²) in [4.78, 5) is 15.0. The van der Waals surface area contributed by atoms with Crippen molar-refractivity contribution in [3.05, 3.63) is 23.5 Å². The molecule has 1 aromatic rings. The van der Waals surface area contributed by atoms with Gasteiger partial charge in [0.05, 0.1) is 5.41 Å². The van der Waals surface area contributed by atoms with Gasteiger partial charge in [-0.25, -0.2) is 18.1 Å². The van der Waals surface area contributed by atoms with Gasteiger partial charge < -0.3 is 9.84 Å². The Kier molecular flexibility index (Phi) is 4.82. The summed E-state index contributed by atoms with van der Waals surface area (Å²) in [5, 5.41) is 9.23. The van der Waals surface area contributed by atoms with Crippen LogP contribution < -0.4 is 4.72 Å². The lowest BCUT2D eigenvalue weighted by Gasteiger charge is -2.33. The zero-order valence-electron chi connectivity index (χ0n) is 11.1. The van der Waals surface area contributed by atoms with E-state index in [1.807, 2.05) is 0 Å². The molecule has 0 aliphatic carbocycles. The fourth-order valence-electron chi connectivity index (χ4n) is 2.11. The number of rotatable bonds is 5. The molecule has 116 valence electrons. The average Bonchev–Trinajstić information content (AvgIpc) is 2.46. The molecular weight excluding hydrogens is 320 g/mol. The van der Waals surface area contributed by atoms with Gasteiger partial charge in [0.15, 0.2) is 0 Å². The molecule has 1 aliphatic rings. The third-order valence-corrected chi connectivity index (χ3v) is 5.36. The summed E-state index contributed by atoms with van der Waals surface area (Å²) in [7, 11) is -3.91. The zero-order valence-corrected chi connectivity index (χ0v) is 12.7. The van der Waals surface area contributed by atoms with Gasteiger partial charge in [0, 0.05) is 26.0 Å². The maximum absolute atomic E-state index is 12.2. The van der Waals surface area contributed by atoms with Crippen molar-refractivity contribution < 1.29 is 23.1 Å². The molecule has 1 aromatic heterocycles.